The summed E-state index contributed by atoms with van der Waals surface area (Å²) < 4.78 is 56.1. The maximum atomic E-state index is 11.9. The largest absolute Gasteiger partial charge is 0.504 e. The molecule has 0 bridgehead atoms. The first-order valence-corrected chi connectivity index (χ1v) is 6.10. The van der Waals surface area contributed by atoms with Gasteiger partial charge in [-0.1, -0.05) is 13.8 Å². The molecular weight excluding hydrogens is 257 g/mol. The SMILES string of the molecule is CC.O=S(=O)(Cl)c1ccn(C(F)(F)F)n1. The van der Waals surface area contributed by atoms with Crippen molar-refractivity contribution in [2.24, 2.45) is 0 Å². The Morgan fingerprint density at radius 2 is 1.87 bits per heavy atom. The van der Waals surface area contributed by atoms with Gasteiger partial charge in [0.25, 0.3) is 9.05 Å². The molecule has 0 saturated carbocycles. The minimum absolute atomic E-state index is 0.442. The summed E-state index contributed by atoms with van der Waals surface area (Å²) in [6, 6.07) is 0.663. The fourth-order valence-electron chi connectivity index (χ4n) is 0.578. The van der Waals surface area contributed by atoms with Crippen LogP contribution in [0, 0.1) is 0 Å². The predicted octanol–water partition coefficient (Wildman–Crippen LogP) is 2.31. The Bertz CT molecular complexity index is 412. The van der Waals surface area contributed by atoms with Gasteiger partial charge >= 0.3 is 6.30 Å². The van der Waals surface area contributed by atoms with Gasteiger partial charge < -0.3 is 0 Å². The van der Waals surface area contributed by atoms with Crippen molar-refractivity contribution in [2.75, 3.05) is 0 Å². The summed E-state index contributed by atoms with van der Waals surface area (Å²) in [6.07, 6.45) is -4.27. The molecule has 4 nitrogen and oxygen atoms in total. The molecule has 0 amide bonds. The Balaban J connectivity index is 0.000000921. The van der Waals surface area contributed by atoms with Crippen molar-refractivity contribution < 1.29 is 21.6 Å². The zero-order valence-corrected chi connectivity index (χ0v) is 9.36. The Hall–Kier alpha value is -0.760. The number of alkyl halides is 3. The third-order valence-corrected chi connectivity index (χ3v) is 2.27. The van der Waals surface area contributed by atoms with Gasteiger partial charge in [-0.3, -0.25) is 0 Å². The Morgan fingerprint density at radius 1 is 1.40 bits per heavy atom. The molecular formula is C6H8ClF3N2O2S. The molecule has 0 atom stereocenters. The predicted molar refractivity (Wildman–Crippen MR) is 47.9 cm³/mol. The molecule has 0 aromatic carbocycles. The van der Waals surface area contributed by atoms with Crippen molar-refractivity contribution in [3.63, 3.8) is 0 Å². The van der Waals surface area contributed by atoms with Crippen molar-refractivity contribution >= 4 is 19.7 Å². The van der Waals surface area contributed by atoms with Crippen LogP contribution in [0.15, 0.2) is 17.3 Å². The van der Waals surface area contributed by atoms with Crippen LogP contribution >= 0.6 is 10.7 Å². The maximum absolute atomic E-state index is 11.9. The Labute approximate surface area is 89.1 Å². The summed E-state index contributed by atoms with van der Waals surface area (Å²) in [7, 11) is 0.549. The zero-order valence-electron chi connectivity index (χ0n) is 7.79. The minimum atomic E-state index is -4.74. The average Bonchev–Trinajstić information content (AvgIpc) is 2.53. The lowest BCUT2D eigenvalue weighted by atomic mass is 10.7. The molecule has 1 heterocycles. The molecule has 0 spiro atoms. The van der Waals surface area contributed by atoms with Gasteiger partial charge in [-0.15, -0.1) is 13.2 Å². The van der Waals surface area contributed by atoms with Crippen LogP contribution in [0.2, 0.25) is 0 Å². The summed E-state index contributed by atoms with van der Waals surface area (Å²) in [6.45, 7) is 4.00. The number of hydrogen-bond acceptors (Lipinski definition) is 3. The van der Waals surface area contributed by atoms with Gasteiger partial charge in [0.05, 0.1) is 0 Å². The molecule has 1 rings (SSSR count). The minimum Gasteiger partial charge on any atom is -0.205 e. The van der Waals surface area contributed by atoms with E-state index in [-0.39, 0.29) is 0 Å². The highest BCUT2D eigenvalue weighted by Gasteiger charge is 2.32. The molecule has 0 saturated heterocycles. The molecule has 0 radical (unpaired) electrons. The van der Waals surface area contributed by atoms with E-state index in [4.69, 9.17) is 10.7 Å². The van der Waals surface area contributed by atoms with E-state index in [2.05, 4.69) is 5.10 Å². The molecule has 0 aliphatic carbocycles. The summed E-state index contributed by atoms with van der Waals surface area (Å²) >= 11 is 0. The van der Waals surface area contributed by atoms with Crippen LogP contribution < -0.4 is 0 Å². The van der Waals surface area contributed by atoms with Gasteiger partial charge in [0.2, 0.25) is 0 Å². The molecule has 0 aliphatic rings. The van der Waals surface area contributed by atoms with E-state index >= 15 is 0 Å². The van der Waals surface area contributed by atoms with Gasteiger partial charge in [0, 0.05) is 16.9 Å². The van der Waals surface area contributed by atoms with Crippen LogP contribution in [0.25, 0.3) is 0 Å². The van der Waals surface area contributed by atoms with E-state index in [1.165, 1.54) is 0 Å². The van der Waals surface area contributed by atoms with Crippen LogP contribution in [-0.4, -0.2) is 18.2 Å². The summed E-state index contributed by atoms with van der Waals surface area (Å²) in [5.41, 5.74) is 0. The van der Waals surface area contributed by atoms with Gasteiger partial charge in [-0.25, -0.2) is 8.42 Å². The maximum Gasteiger partial charge on any atom is 0.504 e. The smallest absolute Gasteiger partial charge is 0.205 e. The summed E-state index contributed by atoms with van der Waals surface area (Å²) in [5, 5.41) is 1.90. The number of aromatic nitrogens is 2. The van der Waals surface area contributed by atoms with Crippen LogP contribution in [0.5, 0.6) is 0 Å². The van der Waals surface area contributed by atoms with Crippen molar-refractivity contribution in [1.82, 2.24) is 9.78 Å². The first-order valence-electron chi connectivity index (χ1n) is 3.79. The lowest BCUT2D eigenvalue weighted by molar-refractivity contribution is -0.212. The summed E-state index contributed by atoms with van der Waals surface area (Å²) in [5.74, 6) is 0. The van der Waals surface area contributed by atoms with E-state index < -0.39 is 25.1 Å². The van der Waals surface area contributed by atoms with E-state index in [9.17, 15) is 21.6 Å². The van der Waals surface area contributed by atoms with Crippen molar-refractivity contribution in [1.29, 1.82) is 0 Å². The lowest BCUT2D eigenvalue weighted by Crippen LogP contribution is -2.17. The zero-order chi connectivity index (χ0) is 12.3. The second-order valence-electron chi connectivity index (χ2n) is 2.00. The van der Waals surface area contributed by atoms with Crippen molar-refractivity contribution in [3.05, 3.63) is 12.3 Å². The van der Waals surface area contributed by atoms with Crippen LogP contribution in [-0.2, 0) is 15.4 Å². The Kier molecular flexibility index (Phi) is 4.60. The molecule has 0 fully saturated rings. The molecule has 1 aromatic rings. The number of hydrogen-bond donors (Lipinski definition) is 0. The fourth-order valence-corrected chi connectivity index (χ4v) is 1.23. The number of rotatable bonds is 1. The highest BCUT2D eigenvalue weighted by Crippen LogP contribution is 2.22. The fraction of sp³-hybridized carbons (Fsp3) is 0.500. The van der Waals surface area contributed by atoms with Crippen molar-refractivity contribution in [2.45, 2.75) is 25.2 Å². The number of nitrogens with zero attached hydrogens (tertiary/aromatic N) is 2. The topological polar surface area (TPSA) is 52.0 Å². The third kappa shape index (κ3) is 4.08. The van der Waals surface area contributed by atoms with E-state index in [1.54, 1.807) is 0 Å². The molecule has 1 aromatic heterocycles. The summed E-state index contributed by atoms with van der Waals surface area (Å²) in [4.78, 5) is 0. The van der Waals surface area contributed by atoms with Gasteiger partial charge in [-0.05, 0) is 6.07 Å². The van der Waals surface area contributed by atoms with Gasteiger partial charge in [0.1, 0.15) is 0 Å². The standard InChI is InChI=1S/C4H2ClF3N2O2S.C2H6/c5-13(11,12)3-1-2-10(9-3)4(6,7)8;1-2/h1-2H;1-2H3. The van der Waals surface area contributed by atoms with Crippen LogP contribution in [0.4, 0.5) is 13.2 Å². The first-order chi connectivity index (χ1) is 6.71. The van der Waals surface area contributed by atoms with Crippen molar-refractivity contribution in [3.8, 4) is 0 Å². The van der Waals surface area contributed by atoms with E-state index in [0.29, 0.717) is 12.3 Å². The third-order valence-electron chi connectivity index (χ3n) is 1.07. The van der Waals surface area contributed by atoms with Gasteiger partial charge in [-0.2, -0.15) is 9.78 Å². The molecule has 0 unspecified atom stereocenters. The molecule has 15 heavy (non-hydrogen) atoms. The monoisotopic (exact) mass is 264 g/mol. The highest BCUT2D eigenvalue weighted by molar-refractivity contribution is 8.13. The molecule has 88 valence electrons. The first kappa shape index (κ1) is 14.2. The Morgan fingerprint density at radius 3 is 2.07 bits per heavy atom. The lowest BCUT2D eigenvalue weighted by Gasteiger charge is -2.03. The van der Waals surface area contributed by atoms with Crippen LogP contribution in [0.3, 0.4) is 0 Å². The molecule has 0 N–H and O–H groups in total. The second kappa shape index (κ2) is 4.84. The second-order valence-corrected chi connectivity index (χ2v) is 4.52. The van der Waals surface area contributed by atoms with E-state index in [0.717, 1.165) is 0 Å². The van der Waals surface area contributed by atoms with Crippen LogP contribution in [0.1, 0.15) is 13.8 Å². The average molecular weight is 265 g/mol. The highest BCUT2D eigenvalue weighted by atomic mass is 35.7. The molecule has 9 heteroatoms. The van der Waals surface area contributed by atoms with Gasteiger partial charge in [0.15, 0.2) is 5.03 Å². The quantitative estimate of drug-likeness (QED) is 0.732. The normalized spacial score (nSPS) is 11.9. The number of halogens is 4. The van der Waals surface area contributed by atoms with E-state index in [1.807, 2.05) is 13.8 Å². The molecule has 0 aliphatic heterocycles.